The number of furan rings is 1. The zero-order chi connectivity index (χ0) is 57.7. The van der Waals surface area contributed by atoms with Gasteiger partial charge in [-0.05, 0) is 101 Å². The summed E-state index contributed by atoms with van der Waals surface area (Å²) in [4.78, 5) is 0. The maximum atomic E-state index is 7.60. The van der Waals surface area contributed by atoms with E-state index in [0.29, 0.717) is 0 Å². The minimum atomic E-state index is -2.76. The Morgan fingerprint density at radius 2 is 0.631 bits per heavy atom. The van der Waals surface area contributed by atoms with E-state index in [2.05, 4.69) is 350 Å². The van der Waals surface area contributed by atoms with Crippen molar-refractivity contribution in [1.29, 1.82) is 0 Å². The first-order chi connectivity index (χ1) is 41.1. The number of rotatable bonds is 12. The van der Waals surface area contributed by atoms with Crippen LogP contribution >= 0.6 is 14.1 Å². The Kier molecular flexibility index (Phi) is 15.9. The topological polar surface area (TPSA) is 39.5 Å². The van der Waals surface area contributed by atoms with Crippen LogP contribution in [0.15, 0.2) is 312 Å². The third-order valence-electron chi connectivity index (χ3n) is 16.8. The predicted octanol–water partition coefficient (Wildman–Crippen LogP) is 14.2. The van der Waals surface area contributed by atoms with Gasteiger partial charge in [0, 0.05) is 48.4 Å². The van der Waals surface area contributed by atoms with Gasteiger partial charge in [0.1, 0.15) is 17.3 Å². The van der Waals surface area contributed by atoms with Crippen molar-refractivity contribution in [2.75, 3.05) is 0 Å². The van der Waals surface area contributed by atoms with Crippen molar-refractivity contribution in [1.82, 2.24) is 0 Å². The average Bonchev–Trinajstić information content (AvgIpc) is 1.82. The molecule has 0 atom stereocenters. The van der Waals surface area contributed by atoms with Crippen LogP contribution in [0.2, 0.25) is 0 Å². The summed E-state index contributed by atoms with van der Waals surface area (Å²) in [6.07, 6.45) is -1.22. The van der Waals surface area contributed by atoms with Gasteiger partial charge < -0.3 is 4.42 Å². The smallest absolute Gasteiger partial charge is 0.205 e. The number of aryl methyl sites for hydroxylation is 6. The van der Waals surface area contributed by atoms with Crippen molar-refractivity contribution in [3.8, 4) is 0 Å². The van der Waals surface area contributed by atoms with Crippen molar-refractivity contribution in [2.24, 2.45) is 4.74 Å². The van der Waals surface area contributed by atoms with Gasteiger partial charge in [-0.1, -0.05) is 266 Å². The van der Waals surface area contributed by atoms with Gasteiger partial charge in [0.2, 0.25) is 5.69 Å². The summed E-state index contributed by atoms with van der Waals surface area (Å²) < 4.78 is 18.0. The standard InChI is InChI=1S/C54H48N2OP2.C24H20B/c1-37-33-39(3)51(40(4)34-37)55-58(43-21-11-7-12-22-43,44-23-13-8-14-24-44)49-31-19-29-47-48-30-20-32-50(54(48)57-53(47)49)59(45-25-15-9-16-26-45,46-27-17-10-18-28-46)56-52-41(5)35-38(2)36-42(52)6;1-5-13-21(14-6-1)25(22-15-7-2-8-16-22,23-17-9-3-10-18-23)24-19-11-4-12-20-24/h7-36H,1-6H3;1-20H/q;-1/p+1. The molecule has 0 bridgehead atoms. The third-order valence-corrected chi connectivity index (χ3v) is 24.2. The van der Waals surface area contributed by atoms with E-state index < -0.39 is 20.3 Å². The Labute approximate surface area is 496 Å². The lowest BCUT2D eigenvalue weighted by atomic mass is 9.13. The van der Waals surface area contributed by atoms with E-state index in [1.807, 2.05) is 0 Å². The van der Waals surface area contributed by atoms with Crippen molar-refractivity contribution < 1.29 is 9.16 Å². The van der Waals surface area contributed by atoms with Crippen LogP contribution in [-0.2, 0) is 0 Å². The SMILES string of the molecule is Cc1cc(C)c(N=P(c2ccccc2)(c2ccccc2)c2cccc3c2oc2c(P(=[NH+]c4c(C)cc(C)cc4C)(c4ccccc4)c4ccccc4)cccc23)c(C)c1.c1ccc([B-](c2ccccc2)(c2ccccc2)c2ccccc2)cc1. The van der Waals surface area contributed by atoms with E-state index in [4.69, 9.17) is 9.16 Å². The van der Waals surface area contributed by atoms with Gasteiger partial charge >= 0.3 is 0 Å². The molecule has 410 valence electrons. The molecule has 0 amide bonds. The summed E-state index contributed by atoms with van der Waals surface area (Å²) in [5.74, 6) is 0. The van der Waals surface area contributed by atoms with E-state index in [1.54, 1.807) is 0 Å². The second-order valence-corrected chi connectivity index (χ2v) is 28.4. The van der Waals surface area contributed by atoms with Crippen LogP contribution in [0.25, 0.3) is 21.9 Å². The van der Waals surface area contributed by atoms with Crippen molar-refractivity contribution in [3.63, 3.8) is 0 Å². The molecule has 0 saturated carbocycles. The van der Waals surface area contributed by atoms with Crippen molar-refractivity contribution in [2.45, 2.75) is 41.5 Å². The first-order valence-corrected chi connectivity index (χ1v) is 32.7. The highest BCUT2D eigenvalue weighted by Crippen LogP contribution is 2.53. The lowest BCUT2D eigenvalue weighted by Gasteiger charge is -2.44. The number of fused-ring (bicyclic) bond motifs is 3. The highest BCUT2D eigenvalue weighted by atomic mass is 31.2. The fourth-order valence-corrected chi connectivity index (χ4v) is 21.0. The van der Waals surface area contributed by atoms with Gasteiger partial charge in [0.25, 0.3) is 0 Å². The zero-order valence-electron chi connectivity index (χ0n) is 48.7. The molecule has 6 heteroatoms. The molecule has 3 nitrogen and oxygen atoms in total. The predicted molar refractivity (Wildman–Crippen MR) is 365 cm³/mol. The van der Waals surface area contributed by atoms with Gasteiger partial charge in [-0.3, -0.25) is 4.74 Å². The van der Waals surface area contributed by atoms with Gasteiger partial charge in [0.15, 0.2) is 7.05 Å². The largest absolute Gasteiger partial charge is 0.454 e. The first kappa shape index (κ1) is 55.5. The highest BCUT2D eigenvalue weighted by Gasteiger charge is 2.39. The molecule has 1 heterocycles. The number of hydrogen-bond donors (Lipinski definition) is 1. The fourth-order valence-electron chi connectivity index (χ4n) is 13.2. The van der Waals surface area contributed by atoms with Gasteiger partial charge in [-0.15, -0.1) is 0 Å². The molecule has 1 N–H and O–H groups in total. The normalized spacial score (nSPS) is 11.7. The van der Waals surface area contributed by atoms with Crippen molar-refractivity contribution >= 4 is 107 Å². The Balaban J connectivity index is 0.000000231. The molecule has 1 aromatic heterocycles. The number of benzene rings is 12. The van der Waals surface area contributed by atoms with E-state index >= 15 is 0 Å². The molecular weight excluding hydrogens is 1050 g/mol. The monoisotopic (exact) mass is 1120 g/mol. The molecular formula is C78H69BN2OP2. The van der Waals surface area contributed by atoms with Crippen molar-refractivity contribution in [3.05, 3.63) is 337 Å². The average molecular weight is 1120 g/mol. The number of nitrogens with one attached hydrogen (secondary N) is 1. The maximum absolute atomic E-state index is 7.60. The Hall–Kier alpha value is -9.04. The molecule has 84 heavy (non-hydrogen) atoms. The summed E-state index contributed by atoms with van der Waals surface area (Å²) in [5, 5.41) is 9.27. The molecule has 0 aliphatic rings. The summed E-state index contributed by atoms with van der Waals surface area (Å²) >= 11 is 0. The maximum Gasteiger partial charge on any atom is 0.205 e. The number of nitrogens with zero attached hydrogens (tertiary/aromatic N) is 1. The fraction of sp³-hybridized carbons (Fsp3) is 0.0769. The van der Waals surface area contributed by atoms with E-state index in [1.165, 1.54) is 76.5 Å². The van der Waals surface area contributed by atoms with Crippen LogP contribution in [-0.4, -0.2) is 6.15 Å². The van der Waals surface area contributed by atoms with Crippen LogP contribution < -0.4 is 58.4 Å². The molecule has 13 rings (SSSR count). The van der Waals surface area contributed by atoms with Gasteiger partial charge in [0.05, 0.1) is 18.0 Å². The van der Waals surface area contributed by atoms with E-state index in [9.17, 15) is 0 Å². The summed E-state index contributed by atoms with van der Waals surface area (Å²) in [6.45, 7) is 13.2. The molecule has 0 fully saturated rings. The van der Waals surface area contributed by atoms with Crippen LogP contribution in [0, 0.1) is 41.5 Å². The van der Waals surface area contributed by atoms with Crippen LogP contribution in [0.1, 0.15) is 33.4 Å². The van der Waals surface area contributed by atoms with E-state index in [0.717, 1.165) is 43.9 Å². The summed E-state index contributed by atoms with van der Waals surface area (Å²) in [6, 6.07) is 110. The van der Waals surface area contributed by atoms with Crippen LogP contribution in [0.3, 0.4) is 0 Å². The first-order valence-electron chi connectivity index (χ1n) is 29.1. The molecule has 0 radical (unpaired) electrons. The third kappa shape index (κ3) is 10.1. The molecule has 12 aromatic carbocycles. The van der Waals surface area contributed by atoms with E-state index in [-0.39, 0.29) is 0 Å². The molecule has 0 unspecified atom stereocenters. The minimum absolute atomic E-state index is 0.879. The molecule has 0 aliphatic carbocycles. The lowest BCUT2D eigenvalue weighted by molar-refractivity contribution is -0.327. The highest BCUT2D eigenvalue weighted by molar-refractivity contribution is 7.88. The summed E-state index contributed by atoms with van der Waals surface area (Å²) in [7, 11) is -5.41. The molecule has 0 spiro atoms. The Morgan fingerprint density at radius 1 is 0.321 bits per heavy atom. The Bertz CT molecular complexity index is 4030. The second-order valence-electron chi connectivity index (χ2n) is 22.3. The van der Waals surface area contributed by atoms with Gasteiger partial charge in [-0.2, -0.15) is 21.9 Å². The lowest BCUT2D eigenvalue weighted by Crippen LogP contribution is -2.74. The van der Waals surface area contributed by atoms with Crippen LogP contribution in [0.5, 0.6) is 0 Å². The zero-order valence-corrected chi connectivity index (χ0v) is 50.5. The molecule has 0 aliphatic heterocycles. The summed E-state index contributed by atoms with van der Waals surface area (Å²) in [5.41, 5.74) is 16.6. The second kappa shape index (κ2) is 24.0. The molecule has 0 saturated heterocycles. The minimum Gasteiger partial charge on any atom is -0.454 e. The Morgan fingerprint density at radius 3 is 1.00 bits per heavy atom. The number of para-hydroxylation sites is 2. The van der Waals surface area contributed by atoms with Crippen LogP contribution in [0.4, 0.5) is 11.4 Å². The quantitative estimate of drug-likeness (QED) is 0.0961. The molecule has 13 aromatic rings. The number of hydrogen-bond acceptors (Lipinski definition) is 2. The van der Waals surface area contributed by atoms with Gasteiger partial charge in [-0.25, -0.2) is 4.74 Å².